The normalized spacial score (nSPS) is 13.9. The summed E-state index contributed by atoms with van der Waals surface area (Å²) < 4.78 is 13.5. The van der Waals surface area contributed by atoms with Crippen LogP contribution in [0.3, 0.4) is 0 Å². The van der Waals surface area contributed by atoms with E-state index in [4.69, 9.17) is 5.11 Å². The minimum Gasteiger partial charge on any atom is -0.396 e. The van der Waals surface area contributed by atoms with E-state index in [0.717, 1.165) is 5.56 Å². The van der Waals surface area contributed by atoms with Crippen molar-refractivity contribution in [3.63, 3.8) is 0 Å². The Morgan fingerprint density at radius 2 is 1.95 bits per heavy atom. The third-order valence-electron chi connectivity index (χ3n) is 3.60. The molecule has 1 rings (SSSR count). The Labute approximate surface area is 125 Å². The Morgan fingerprint density at radius 3 is 2.48 bits per heavy atom. The van der Waals surface area contributed by atoms with Crippen LogP contribution in [0.5, 0.6) is 0 Å². The Kier molecular flexibility index (Phi) is 6.62. The summed E-state index contributed by atoms with van der Waals surface area (Å²) >= 11 is 0. The maximum atomic E-state index is 13.5. The van der Waals surface area contributed by atoms with E-state index in [9.17, 15) is 9.18 Å². The van der Waals surface area contributed by atoms with Crippen molar-refractivity contribution in [3.8, 4) is 0 Å². The van der Waals surface area contributed by atoms with E-state index >= 15 is 0 Å². The first kappa shape index (κ1) is 17.4. The number of rotatable bonds is 6. The number of hydrogen-bond donors (Lipinski definition) is 3. The van der Waals surface area contributed by atoms with E-state index in [0.29, 0.717) is 12.0 Å². The fourth-order valence-corrected chi connectivity index (χ4v) is 2.08. The Morgan fingerprint density at radius 1 is 1.29 bits per heavy atom. The summed E-state index contributed by atoms with van der Waals surface area (Å²) in [4.78, 5) is 12.0. The van der Waals surface area contributed by atoms with Crippen LogP contribution >= 0.6 is 0 Å². The Balaban J connectivity index is 2.62. The number of benzene rings is 1. The molecule has 0 radical (unpaired) electrons. The molecule has 0 aliphatic rings. The highest BCUT2D eigenvalue weighted by atomic mass is 19.1. The third kappa shape index (κ3) is 5.34. The van der Waals surface area contributed by atoms with E-state index in [1.807, 2.05) is 13.8 Å². The van der Waals surface area contributed by atoms with Crippen molar-refractivity contribution < 1.29 is 14.3 Å². The molecule has 118 valence electrons. The van der Waals surface area contributed by atoms with Gasteiger partial charge in [-0.05, 0) is 43.4 Å². The highest BCUT2D eigenvalue weighted by Gasteiger charge is 2.17. The molecular weight excluding hydrogens is 271 g/mol. The average Bonchev–Trinajstić information content (AvgIpc) is 2.41. The lowest BCUT2D eigenvalue weighted by Crippen LogP contribution is -2.45. The Hall–Kier alpha value is -1.62. The smallest absolute Gasteiger partial charge is 0.315 e. The van der Waals surface area contributed by atoms with Crippen molar-refractivity contribution in [1.29, 1.82) is 0 Å². The summed E-state index contributed by atoms with van der Waals surface area (Å²) in [6, 6.07) is 4.25. The molecule has 1 aromatic rings. The summed E-state index contributed by atoms with van der Waals surface area (Å²) in [7, 11) is 0. The van der Waals surface area contributed by atoms with Crippen LogP contribution in [0.25, 0.3) is 0 Å². The first-order valence-electron chi connectivity index (χ1n) is 7.29. The van der Waals surface area contributed by atoms with Gasteiger partial charge in [-0.3, -0.25) is 0 Å². The molecule has 0 fully saturated rings. The minimum absolute atomic E-state index is 0.0296. The number of nitrogens with one attached hydrogen (secondary N) is 2. The summed E-state index contributed by atoms with van der Waals surface area (Å²) in [6.45, 7) is 7.51. The molecule has 2 amide bonds. The molecule has 0 saturated heterocycles. The van der Waals surface area contributed by atoms with Crippen molar-refractivity contribution >= 4 is 6.03 Å². The van der Waals surface area contributed by atoms with Crippen molar-refractivity contribution in [3.05, 3.63) is 35.1 Å². The second-order valence-electron chi connectivity index (χ2n) is 5.71. The number of carbonyl (C=O) groups is 1. The van der Waals surface area contributed by atoms with Crippen LogP contribution in [0, 0.1) is 18.7 Å². The van der Waals surface area contributed by atoms with Gasteiger partial charge in [0.15, 0.2) is 0 Å². The van der Waals surface area contributed by atoms with Crippen LogP contribution < -0.4 is 10.6 Å². The van der Waals surface area contributed by atoms with Gasteiger partial charge in [0.05, 0.1) is 6.04 Å². The summed E-state index contributed by atoms with van der Waals surface area (Å²) in [5.74, 6) is -0.0445. The molecule has 2 atom stereocenters. The standard InChI is InChI=1S/C16H25FN2O2/c1-10(2)15(7-8-20)19-16(21)18-12(4)13-6-5-11(3)14(17)9-13/h5-6,9-10,12,15,20H,7-8H2,1-4H3,(H2,18,19,21). The number of urea groups is 1. The fraction of sp³-hybridized carbons (Fsp3) is 0.562. The average molecular weight is 296 g/mol. The second kappa shape index (κ2) is 7.98. The number of hydrogen-bond acceptors (Lipinski definition) is 2. The van der Waals surface area contributed by atoms with Crippen LogP contribution in [0.2, 0.25) is 0 Å². The lowest BCUT2D eigenvalue weighted by atomic mass is 10.0. The largest absolute Gasteiger partial charge is 0.396 e. The monoisotopic (exact) mass is 296 g/mol. The van der Waals surface area contributed by atoms with Crippen LogP contribution in [-0.2, 0) is 0 Å². The van der Waals surface area contributed by atoms with Gasteiger partial charge in [0.25, 0.3) is 0 Å². The Bertz CT molecular complexity index is 477. The lowest BCUT2D eigenvalue weighted by molar-refractivity contribution is 0.216. The number of amides is 2. The van der Waals surface area contributed by atoms with Gasteiger partial charge < -0.3 is 15.7 Å². The van der Waals surface area contributed by atoms with Gasteiger partial charge in [0.1, 0.15) is 5.82 Å². The topological polar surface area (TPSA) is 61.4 Å². The number of aryl methyl sites for hydroxylation is 1. The molecule has 0 saturated carbocycles. The molecule has 0 aliphatic carbocycles. The highest BCUT2D eigenvalue weighted by molar-refractivity contribution is 5.74. The second-order valence-corrected chi connectivity index (χ2v) is 5.71. The van der Waals surface area contributed by atoms with Crippen LogP contribution in [-0.4, -0.2) is 23.8 Å². The highest BCUT2D eigenvalue weighted by Crippen LogP contribution is 2.16. The van der Waals surface area contributed by atoms with Gasteiger partial charge in [0.2, 0.25) is 0 Å². The first-order valence-corrected chi connectivity index (χ1v) is 7.29. The summed E-state index contributed by atoms with van der Waals surface area (Å²) in [6.07, 6.45) is 0.513. The van der Waals surface area contributed by atoms with Gasteiger partial charge in [-0.25, -0.2) is 9.18 Å². The minimum atomic E-state index is -0.310. The molecule has 0 aromatic heterocycles. The number of aliphatic hydroxyl groups excluding tert-OH is 1. The maximum absolute atomic E-state index is 13.5. The quantitative estimate of drug-likeness (QED) is 0.756. The molecular formula is C16H25FN2O2. The van der Waals surface area contributed by atoms with E-state index in [1.165, 1.54) is 6.07 Å². The summed E-state index contributed by atoms with van der Waals surface area (Å²) in [5, 5.41) is 14.6. The van der Waals surface area contributed by atoms with Gasteiger partial charge in [-0.1, -0.05) is 26.0 Å². The molecule has 3 N–H and O–H groups in total. The molecule has 0 aliphatic heterocycles. The molecule has 4 nitrogen and oxygen atoms in total. The van der Waals surface area contributed by atoms with Gasteiger partial charge in [-0.2, -0.15) is 0 Å². The van der Waals surface area contributed by atoms with Crippen molar-refractivity contribution in [2.24, 2.45) is 5.92 Å². The maximum Gasteiger partial charge on any atom is 0.315 e. The van der Waals surface area contributed by atoms with Crippen LogP contribution in [0.15, 0.2) is 18.2 Å². The molecule has 2 unspecified atom stereocenters. The van der Waals surface area contributed by atoms with Crippen LogP contribution in [0.1, 0.15) is 44.4 Å². The fourth-order valence-electron chi connectivity index (χ4n) is 2.08. The number of halogens is 1. The van der Waals surface area contributed by atoms with E-state index in [1.54, 1.807) is 26.0 Å². The lowest BCUT2D eigenvalue weighted by Gasteiger charge is -2.23. The predicted molar refractivity (Wildman–Crippen MR) is 81.5 cm³/mol. The molecule has 1 aromatic carbocycles. The van der Waals surface area contributed by atoms with E-state index < -0.39 is 0 Å². The summed E-state index contributed by atoms with van der Waals surface area (Å²) in [5.41, 5.74) is 1.30. The third-order valence-corrected chi connectivity index (χ3v) is 3.60. The predicted octanol–water partition coefficient (Wildman–Crippen LogP) is 2.90. The SMILES string of the molecule is Cc1ccc(C(C)NC(=O)NC(CCO)C(C)C)cc1F. The van der Waals surface area contributed by atoms with Crippen molar-refractivity contribution in [1.82, 2.24) is 10.6 Å². The molecule has 21 heavy (non-hydrogen) atoms. The zero-order valence-corrected chi connectivity index (χ0v) is 13.1. The van der Waals surface area contributed by atoms with Crippen molar-refractivity contribution in [2.45, 2.75) is 46.2 Å². The molecule has 0 bridgehead atoms. The van der Waals surface area contributed by atoms with E-state index in [-0.39, 0.29) is 36.5 Å². The van der Waals surface area contributed by atoms with Gasteiger partial charge >= 0.3 is 6.03 Å². The number of aliphatic hydroxyl groups is 1. The zero-order valence-electron chi connectivity index (χ0n) is 13.1. The van der Waals surface area contributed by atoms with E-state index in [2.05, 4.69) is 10.6 Å². The number of carbonyl (C=O) groups excluding carboxylic acids is 1. The van der Waals surface area contributed by atoms with Crippen LogP contribution in [0.4, 0.5) is 9.18 Å². The molecule has 0 heterocycles. The van der Waals surface area contributed by atoms with Gasteiger partial charge in [-0.15, -0.1) is 0 Å². The first-order chi connectivity index (χ1) is 9.85. The zero-order chi connectivity index (χ0) is 16.0. The van der Waals surface area contributed by atoms with Crippen molar-refractivity contribution in [2.75, 3.05) is 6.61 Å². The molecule has 5 heteroatoms. The molecule has 0 spiro atoms. The van der Waals surface area contributed by atoms with Gasteiger partial charge in [0, 0.05) is 12.6 Å².